The van der Waals surface area contributed by atoms with Crippen molar-refractivity contribution in [3.63, 3.8) is 0 Å². The third kappa shape index (κ3) is 3.36. The Hall–Kier alpha value is -0.810. The number of hydrogen-bond donors (Lipinski definition) is 2. The van der Waals surface area contributed by atoms with Gasteiger partial charge in [0.25, 0.3) is 0 Å². The first-order valence-electron chi connectivity index (χ1n) is 5.86. The van der Waals surface area contributed by atoms with E-state index in [0.717, 1.165) is 17.3 Å². The van der Waals surface area contributed by atoms with Gasteiger partial charge in [0.15, 0.2) is 0 Å². The molecule has 0 bridgehead atoms. The highest BCUT2D eigenvalue weighted by Gasteiger charge is 2.26. The standard InChI is InChI=1S/C12H14BrClN2O2/c13-8-5-10(14)11(15-6-8)16-9-3-1-7(2-4-9)12(17)18/h5-7,9H,1-4H2,(H,15,16)(H,17,18). The molecule has 1 aliphatic carbocycles. The molecule has 6 heteroatoms. The molecular weight excluding hydrogens is 320 g/mol. The van der Waals surface area contributed by atoms with Crippen molar-refractivity contribution in [1.82, 2.24) is 4.98 Å². The maximum atomic E-state index is 10.9. The molecule has 98 valence electrons. The fourth-order valence-electron chi connectivity index (χ4n) is 2.20. The Morgan fingerprint density at radius 3 is 2.67 bits per heavy atom. The molecule has 0 saturated heterocycles. The van der Waals surface area contributed by atoms with E-state index in [1.807, 2.05) is 0 Å². The number of carboxylic acids is 1. The van der Waals surface area contributed by atoms with Crippen LogP contribution in [0.2, 0.25) is 5.02 Å². The summed E-state index contributed by atoms with van der Waals surface area (Å²) in [6.45, 7) is 0. The van der Waals surface area contributed by atoms with Crippen molar-refractivity contribution in [2.24, 2.45) is 5.92 Å². The van der Waals surface area contributed by atoms with Gasteiger partial charge in [0.05, 0.1) is 10.9 Å². The largest absolute Gasteiger partial charge is 0.481 e. The van der Waals surface area contributed by atoms with Crippen LogP contribution in [-0.4, -0.2) is 22.1 Å². The van der Waals surface area contributed by atoms with Crippen LogP contribution in [0.25, 0.3) is 0 Å². The number of anilines is 1. The summed E-state index contributed by atoms with van der Waals surface area (Å²) >= 11 is 9.38. The molecule has 2 rings (SSSR count). The summed E-state index contributed by atoms with van der Waals surface area (Å²) in [6, 6.07) is 2.05. The zero-order valence-corrected chi connectivity index (χ0v) is 12.0. The van der Waals surface area contributed by atoms with Gasteiger partial charge in [-0.25, -0.2) is 4.98 Å². The number of carbonyl (C=O) groups is 1. The number of hydrogen-bond acceptors (Lipinski definition) is 3. The number of aliphatic carboxylic acids is 1. The van der Waals surface area contributed by atoms with Crippen LogP contribution >= 0.6 is 27.5 Å². The predicted molar refractivity (Wildman–Crippen MR) is 74.0 cm³/mol. The lowest BCUT2D eigenvalue weighted by molar-refractivity contribution is -0.142. The number of nitrogens with one attached hydrogen (secondary N) is 1. The molecule has 2 N–H and O–H groups in total. The molecule has 0 atom stereocenters. The minimum absolute atomic E-state index is 0.198. The van der Waals surface area contributed by atoms with E-state index in [1.165, 1.54) is 0 Å². The van der Waals surface area contributed by atoms with Crippen molar-refractivity contribution in [3.05, 3.63) is 21.8 Å². The van der Waals surface area contributed by atoms with E-state index in [1.54, 1.807) is 12.3 Å². The summed E-state index contributed by atoms with van der Waals surface area (Å²) in [6.07, 6.45) is 4.79. The average Bonchev–Trinajstić information content (AvgIpc) is 2.33. The van der Waals surface area contributed by atoms with Gasteiger partial charge < -0.3 is 10.4 Å². The highest BCUT2D eigenvalue weighted by molar-refractivity contribution is 9.10. The summed E-state index contributed by atoms with van der Waals surface area (Å²) in [5.74, 6) is -0.219. The maximum Gasteiger partial charge on any atom is 0.306 e. The van der Waals surface area contributed by atoms with Crippen LogP contribution in [0.1, 0.15) is 25.7 Å². The molecule has 0 amide bonds. The second-order valence-corrected chi connectivity index (χ2v) is 5.84. The highest BCUT2D eigenvalue weighted by Crippen LogP contribution is 2.29. The number of aromatic nitrogens is 1. The summed E-state index contributed by atoms with van der Waals surface area (Å²) < 4.78 is 0.840. The van der Waals surface area contributed by atoms with Crippen molar-refractivity contribution in [1.29, 1.82) is 0 Å². The first-order valence-corrected chi connectivity index (χ1v) is 7.03. The number of pyridine rings is 1. The minimum Gasteiger partial charge on any atom is -0.481 e. The lowest BCUT2D eigenvalue weighted by Gasteiger charge is -2.27. The smallest absolute Gasteiger partial charge is 0.306 e. The van der Waals surface area contributed by atoms with Gasteiger partial charge in [-0.3, -0.25) is 4.79 Å². The second-order valence-electron chi connectivity index (χ2n) is 4.52. The monoisotopic (exact) mass is 332 g/mol. The predicted octanol–water partition coefficient (Wildman–Crippen LogP) is 3.55. The summed E-state index contributed by atoms with van der Waals surface area (Å²) in [4.78, 5) is 15.1. The number of nitrogens with zero attached hydrogens (tertiary/aromatic N) is 1. The van der Waals surface area contributed by atoms with Crippen LogP contribution in [0.3, 0.4) is 0 Å². The van der Waals surface area contributed by atoms with Gasteiger partial charge in [-0.15, -0.1) is 0 Å². The fourth-order valence-corrected chi connectivity index (χ4v) is 2.88. The van der Waals surface area contributed by atoms with Gasteiger partial charge in [0.2, 0.25) is 0 Å². The number of rotatable bonds is 3. The number of halogens is 2. The van der Waals surface area contributed by atoms with Crippen molar-refractivity contribution in [3.8, 4) is 0 Å². The summed E-state index contributed by atoms with van der Waals surface area (Å²) in [5.41, 5.74) is 0. The van der Waals surface area contributed by atoms with Gasteiger partial charge >= 0.3 is 5.97 Å². The first kappa shape index (κ1) is 13.6. The van der Waals surface area contributed by atoms with Crippen LogP contribution in [0.5, 0.6) is 0 Å². The Morgan fingerprint density at radius 1 is 1.44 bits per heavy atom. The van der Waals surface area contributed by atoms with Crippen molar-refractivity contribution >= 4 is 39.3 Å². The molecule has 4 nitrogen and oxygen atoms in total. The second kappa shape index (κ2) is 5.89. The van der Waals surface area contributed by atoms with Crippen molar-refractivity contribution < 1.29 is 9.90 Å². The lowest BCUT2D eigenvalue weighted by Crippen LogP contribution is -2.29. The van der Waals surface area contributed by atoms with Crippen LogP contribution in [0, 0.1) is 5.92 Å². The fraction of sp³-hybridized carbons (Fsp3) is 0.500. The highest BCUT2D eigenvalue weighted by atomic mass is 79.9. The van der Waals surface area contributed by atoms with Crippen LogP contribution < -0.4 is 5.32 Å². The van der Waals surface area contributed by atoms with Gasteiger partial charge in [0, 0.05) is 16.7 Å². The third-order valence-electron chi connectivity index (χ3n) is 3.23. The van der Waals surface area contributed by atoms with E-state index >= 15 is 0 Å². The van der Waals surface area contributed by atoms with Crippen molar-refractivity contribution in [2.75, 3.05) is 5.32 Å². The Bertz CT molecular complexity index is 448. The molecule has 1 aromatic rings. The van der Waals surface area contributed by atoms with E-state index in [2.05, 4.69) is 26.2 Å². The topological polar surface area (TPSA) is 62.2 Å². The molecule has 1 aliphatic rings. The zero-order valence-electron chi connectivity index (χ0n) is 9.70. The van der Waals surface area contributed by atoms with E-state index in [-0.39, 0.29) is 12.0 Å². The average molecular weight is 334 g/mol. The molecule has 0 unspecified atom stereocenters. The molecular formula is C12H14BrClN2O2. The SMILES string of the molecule is O=C(O)C1CCC(Nc2ncc(Br)cc2Cl)CC1. The van der Waals surface area contributed by atoms with Gasteiger partial charge in [-0.1, -0.05) is 11.6 Å². The molecule has 0 radical (unpaired) electrons. The number of carboxylic acid groups (broad SMARTS) is 1. The van der Waals surface area contributed by atoms with Crippen molar-refractivity contribution in [2.45, 2.75) is 31.7 Å². The zero-order chi connectivity index (χ0) is 13.1. The van der Waals surface area contributed by atoms with Gasteiger partial charge in [-0.2, -0.15) is 0 Å². The molecule has 18 heavy (non-hydrogen) atoms. The molecule has 1 saturated carbocycles. The Morgan fingerprint density at radius 2 is 2.11 bits per heavy atom. The first-order chi connectivity index (χ1) is 8.56. The molecule has 1 fully saturated rings. The van der Waals surface area contributed by atoms with E-state index in [9.17, 15) is 4.79 Å². The summed E-state index contributed by atoms with van der Waals surface area (Å²) in [5, 5.41) is 12.8. The Labute approximate surface area is 119 Å². The Balaban J connectivity index is 1.93. The maximum absolute atomic E-state index is 10.9. The van der Waals surface area contributed by atoms with E-state index < -0.39 is 5.97 Å². The molecule has 0 aromatic carbocycles. The third-order valence-corrected chi connectivity index (χ3v) is 3.95. The normalized spacial score (nSPS) is 23.7. The molecule has 1 aromatic heterocycles. The van der Waals surface area contributed by atoms with E-state index in [0.29, 0.717) is 23.7 Å². The van der Waals surface area contributed by atoms with Gasteiger partial charge in [0.1, 0.15) is 5.82 Å². The van der Waals surface area contributed by atoms with Gasteiger partial charge in [-0.05, 0) is 47.7 Å². The Kier molecular flexibility index (Phi) is 4.45. The quantitative estimate of drug-likeness (QED) is 0.888. The molecule has 0 aliphatic heterocycles. The minimum atomic E-state index is -0.687. The van der Waals surface area contributed by atoms with E-state index in [4.69, 9.17) is 16.7 Å². The lowest BCUT2D eigenvalue weighted by atomic mass is 9.86. The van der Waals surface area contributed by atoms with Crippen LogP contribution in [0.15, 0.2) is 16.7 Å². The van der Waals surface area contributed by atoms with Crippen LogP contribution in [0.4, 0.5) is 5.82 Å². The summed E-state index contributed by atoms with van der Waals surface area (Å²) in [7, 11) is 0. The van der Waals surface area contributed by atoms with Crippen LogP contribution in [-0.2, 0) is 4.79 Å². The molecule has 1 heterocycles. The molecule has 0 spiro atoms.